The minimum atomic E-state index is -0.781. The molecule has 0 amide bonds. The Morgan fingerprint density at radius 3 is 2.42 bits per heavy atom. The maximum Gasteiger partial charge on any atom is 0.128 e. The summed E-state index contributed by atoms with van der Waals surface area (Å²) in [4.78, 5) is 9.30. The fourth-order valence-electron chi connectivity index (χ4n) is 4.21. The van der Waals surface area contributed by atoms with Crippen molar-refractivity contribution in [1.29, 1.82) is 0 Å². The number of anilines is 1. The summed E-state index contributed by atoms with van der Waals surface area (Å²) in [7, 11) is 0. The van der Waals surface area contributed by atoms with Gasteiger partial charge in [-0.15, -0.1) is 0 Å². The highest BCUT2D eigenvalue weighted by molar-refractivity contribution is 5.41. The van der Waals surface area contributed by atoms with Crippen LogP contribution in [0.4, 0.5) is 5.82 Å². The molecule has 0 aliphatic carbocycles. The monoisotopic (exact) mass is 323 g/mol. The molecule has 24 heavy (non-hydrogen) atoms. The highest BCUT2D eigenvalue weighted by atomic mass is 16.3. The molecule has 4 rings (SSSR count). The van der Waals surface area contributed by atoms with Crippen LogP contribution in [0.25, 0.3) is 0 Å². The van der Waals surface area contributed by atoms with E-state index in [4.69, 9.17) is 0 Å². The van der Waals surface area contributed by atoms with Crippen LogP contribution in [0.3, 0.4) is 0 Å². The van der Waals surface area contributed by atoms with Crippen LogP contribution in [0.15, 0.2) is 54.7 Å². The lowest BCUT2D eigenvalue weighted by Gasteiger charge is -2.49. The molecule has 1 N–H and O–H groups in total. The van der Waals surface area contributed by atoms with E-state index in [2.05, 4.69) is 33.0 Å². The molecule has 2 fully saturated rings. The van der Waals surface area contributed by atoms with Gasteiger partial charge < -0.3 is 10.0 Å². The van der Waals surface area contributed by atoms with Crippen molar-refractivity contribution in [1.82, 2.24) is 9.88 Å². The van der Waals surface area contributed by atoms with E-state index >= 15 is 0 Å². The Labute approximate surface area is 143 Å². The van der Waals surface area contributed by atoms with Crippen LogP contribution in [0.1, 0.15) is 24.8 Å². The third kappa shape index (κ3) is 2.80. The Bertz CT molecular complexity index is 657. The molecule has 4 nitrogen and oxygen atoms in total. The van der Waals surface area contributed by atoms with Crippen molar-refractivity contribution in [3.63, 3.8) is 0 Å². The number of benzene rings is 1. The molecular formula is C20H25N3O. The van der Waals surface area contributed by atoms with E-state index in [1.165, 1.54) is 12.8 Å². The summed E-state index contributed by atoms with van der Waals surface area (Å²) in [5, 5.41) is 11.6. The smallest absolute Gasteiger partial charge is 0.128 e. The van der Waals surface area contributed by atoms with Crippen LogP contribution in [0, 0.1) is 0 Å². The normalized spacial score (nSPS) is 28.2. The van der Waals surface area contributed by atoms with Crippen LogP contribution in [-0.2, 0) is 5.60 Å². The molecule has 0 spiro atoms. The van der Waals surface area contributed by atoms with Crippen LogP contribution in [0.5, 0.6) is 0 Å². The van der Waals surface area contributed by atoms with Gasteiger partial charge in [-0.3, -0.25) is 4.90 Å². The van der Waals surface area contributed by atoms with Gasteiger partial charge in [0.25, 0.3) is 0 Å². The number of hydrogen-bond acceptors (Lipinski definition) is 4. The molecule has 2 aliphatic heterocycles. The van der Waals surface area contributed by atoms with Gasteiger partial charge in [-0.1, -0.05) is 36.4 Å². The highest BCUT2D eigenvalue weighted by Gasteiger charge is 2.46. The first-order valence-electron chi connectivity index (χ1n) is 8.95. The summed E-state index contributed by atoms with van der Waals surface area (Å²) in [6.07, 6.45) is 5.03. The lowest BCUT2D eigenvalue weighted by Crippen LogP contribution is -2.60. The summed E-state index contributed by atoms with van der Waals surface area (Å²) in [5.41, 5.74) is 0.263. The van der Waals surface area contributed by atoms with Crippen molar-refractivity contribution in [3.8, 4) is 0 Å². The topological polar surface area (TPSA) is 39.6 Å². The second kappa shape index (κ2) is 6.54. The van der Waals surface area contributed by atoms with E-state index < -0.39 is 5.60 Å². The van der Waals surface area contributed by atoms with Crippen molar-refractivity contribution >= 4 is 5.82 Å². The largest absolute Gasteiger partial charge is 0.383 e. The standard InChI is InChI=1S/C20H25N3O/c24-20(17-8-2-1-3-9-17)11-15-23(19-10-4-5-12-21-19)16-18(20)22-13-6-7-14-22/h1-5,8-10,12,18,24H,6-7,11,13-16H2/t18-,20+/m1/s1. The molecule has 2 saturated heterocycles. The van der Waals surface area contributed by atoms with Crippen molar-refractivity contribution < 1.29 is 5.11 Å². The Hall–Kier alpha value is -1.91. The lowest BCUT2D eigenvalue weighted by molar-refractivity contribution is -0.0603. The van der Waals surface area contributed by atoms with Gasteiger partial charge in [-0.2, -0.15) is 0 Å². The summed E-state index contributed by atoms with van der Waals surface area (Å²) >= 11 is 0. The third-order valence-electron chi connectivity index (χ3n) is 5.54. The van der Waals surface area contributed by atoms with E-state index in [0.717, 1.165) is 44.0 Å². The average Bonchev–Trinajstić information content (AvgIpc) is 3.18. The molecule has 1 aromatic heterocycles. The summed E-state index contributed by atoms with van der Waals surface area (Å²) in [6.45, 7) is 3.81. The predicted octanol–water partition coefficient (Wildman–Crippen LogP) is 2.64. The molecule has 2 aliphatic rings. The van der Waals surface area contributed by atoms with Crippen LogP contribution < -0.4 is 4.90 Å². The zero-order valence-corrected chi connectivity index (χ0v) is 14.0. The Balaban J connectivity index is 1.65. The Morgan fingerprint density at radius 1 is 0.958 bits per heavy atom. The number of nitrogens with zero attached hydrogens (tertiary/aromatic N) is 3. The lowest BCUT2D eigenvalue weighted by atomic mass is 9.79. The SMILES string of the molecule is O[C@]1(c2ccccc2)CCN(c2ccccn2)C[C@H]1N1CCCC1. The van der Waals surface area contributed by atoms with Crippen LogP contribution >= 0.6 is 0 Å². The zero-order valence-electron chi connectivity index (χ0n) is 14.0. The fraction of sp³-hybridized carbons (Fsp3) is 0.450. The zero-order chi connectivity index (χ0) is 16.4. The number of aromatic nitrogens is 1. The molecule has 0 radical (unpaired) electrons. The van der Waals surface area contributed by atoms with Gasteiger partial charge in [-0.25, -0.2) is 4.98 Å². The van der Waals surface area contributed by atoms with Crippen LogP contribution in [-0.4, -0.2) is 47.2 Å². The van der Waals surface area contributed by atoms with Crippen molar-refractivity contribution in [2.24, 2.45) is 0 Å². The van der Waals surface area contributed by atoms with Gasteiger partial charge in [0.15, 0.2) is 0 Å². The molecule has 0 bridgehead atoms. The molecule has 126 valence electrons. The quantitative estimate of drug-likeness (QED) is 0.943. The third-order valence-corrected chi connectivity index (χ3v) is 5.54. The first-order chi connectivity index (χ1) is 11.8. The molecule has 1 aromatic carbocycles. The molecule has 2 atom stereocenters. The average molecular weight is 323 g/mol. The molecule has 2 aromatic rings. The maximum atomic E-state index is 11.6. The number of likely N-dealkylation sites (tertiary alicyclic amines) is 1. The number of pyridine rings is 1. The molecule has 0 saturated carbocycles. The van der Waals surface area contributed by atoms with Gasteiger partial charge in [0.1, 0.15) is 11.4 Å². The summed E-state index contributed by atoms with van der Waals surface area (Å²) in [5.74, 6) is 1.01. The minimum Gasteiger partial charge on any atom is -0.383 e. The van der Waals surface area contributed by atoms with Gasteiger partial charge in [0.05, 0.1) is 6.04 Å². The van der Waals surface area contributed by atoms with Crippen molar-refractivity contribution in [2.75, 3.05) is 31.1 Å². The van der Waals surface area contributed by atoms with Gasteiger partial charge in [-0.05, 0) is 50.0 Å². The summed E-state index contributed by atoms with van der Waals surface area (Å²) < 4.78 is 0. The van der Waals surface area contributed by atoms with Gasteiger partial charge in [0, 0.05) is 19.3 Å². The molecule has 3 heterocycles. The predicted molar refractivity (Wildman–Crippen MR) is 96.0 cm³/mol. The van der Waals surface area contributed by atoms with Gasteiger partial charge >= 0.3 is 0 Å². The number of hydrogen-bond donors (Lipinski definition) is 1. The fourth-order valence-corrected chi connectivity index (χ4v) is 4.21. The van der Waals surface area contributed by atoms with Gasteiger partial charge in [0.2, 0.25) is 0 Å². The highest BCUT2D eigenvalue weighted by Crippen LogP contribution is 2.38. The summed E-state index contributed by atoms with van der Waals surface area (Å²) in [6, 6.07) is 16.4. The minimum absolute atomic E-state index is 0.109. The first-order valence-corrected chi connectivity index (χ1v) is 8.95. The van der Waals surface area contributed by atoms with E-state index in [1.807, 2.05) is 36.5 Å². The molecular weight excluding hydrogens is 298 g/mol. The van der Waals surface area contributed by atoms with E-state index in [9.17, 15) is 5.11 Å². The van der Waals surface area contributed by atoms with Crippen molar-refractivity contribution in [2.45, 2.75) is 30.9 Å². The second-order valence-electron chi connectivity index (χ2n) is 6.93. The van der Waals surface area contributed by atoms with Crippen LogP contribution in [0.2, 0.25) is 0 Å². The number of aliphatic hydroxyl groups is 1. The first kappa shape index (κ1) is 15.6. The Morgan fingerprint density at radius 2 is 1.71 bits per heavy atom. The number of piperidine rings is 1. The van der Waals surface area contributed by atoms with Crippen molar-refractivity contribution in [3.05, 3.63) is 60.3 Å². The van der Waals surface area contributed by atoms with E-state index in [-0.39, 0.29) is 6.04 Å². The second-order valence-corrected chi connectivity index (χ2v) is 6.93. The number of rotatable bonds is 3. The maximum absolute atomic E-state index is 11.6. The Kier molecular flexibility index (Phi) is 4.25. The van der Waals surface area contributed by atoms with E-state index in [0.29, 0.717) is 0 Å². The van der Waals surface area contributed by atoms with E-state index in [1.54, 1.807) is 0 Å². The molecule has 0 unspecified atom stereocenters. The molecule has 4 heteroatoms.